The van der Waals surface area contributed by atoms with Gasteiger partial charge >= 0.3 is 0 Å². The van der Waals surface area contributed by atoms with Crippen molar-refractivity contribution in [2.45, 2.75) is 9.79 Å². The van der Waals surface area contributed by atoms with Crippen molar-refractivity contribution in [3.05, 3.63) is 200 Å². The zero-order chi connectivity index (χ0) is 40.4. The van der Waals surface area contributed by atoms with Gasteiger partial charge in [0, 0.05) is 33.3 Å². The molecule has 0 fully saturated rings. The number of anilines is 3. The van der Waals surface area contributed by atoms with Crippen LogP contribution in [0.3, 0.4) is 0 Å². The zero-order valence-corrected chi connectivity index (χ0v) is 33.5. The van der Waals surface area contributed by atoms with E-state index in [0.29, 0.717) is 9.79 Å². The monoisotopic (exact) mass is 800 g/mol. The summed E-state index contributed by atoms with van der Waals surface area (Å²) in [6.45, 7) is -0.160. The van der Waals surface area contributed by atoms with E-state index in [2.05, 4.69) is 155 Å². The summed E-state index contributed by atoms with van der Waals surface area (Å²) in [6.07, 6.45) is 0. The smallest absolute Gasteiger partial charge is 0.246 e. The van der Waals surface area contributed by atoms with Gasteiger partial charge in [-0.3, -0.25) is 0 Å². The van der Waals surface area contributed by atoms with Gasteiger partial charge in [0.15, 0.2) is 11.5 Å². The second kappa shape index (κ2) is 12.7. The number of hydrogen-bond donors (Lipinski definition) is 0. The molecule has 7 heteroatoms. The van der Waals surface area contributed by atoms with Crippen molar-refractivity contribution in [3.63, 3.8) is 0 Å². The fraction of sp³-hybridized carbons (Fsp3) is 0. The molecular weight excluding hydrogens is 767 g/mol. The minimum absolute atomic E-state index is 0.160. The Morgan fingerprint density at radius 3 is 1.89 bits per heavy atom. The van der Waals surface area contributed by atoms with Crippen LogP contribution in [-0.2, 0) is 9.84 Å². The van der Waals surface area contributed by atoms with E-state index in [1.165, 1.54) is 16.4 Å². The third-order valence-electron chi connectivity index (χ3n) is 12.8. The number of hydrogen-bond acceptors (Lipinski definition) is 4. The van der Waals surface area contributed by atoms with E-state index < -0.39 is 9.84 Å². The van der Waals surface area contributed by atoms with Crippen LogP contribution in [0.1, 0.15) is 0 Å². The van der Waals surface area contributed by atoms with Crippen LogP contribution in [0, 0.1) is 0 Å². The van der Waals surface area contributed by atoms with E-state index in [-0.39, 0.29) is 6.71 Å². The molecule has 10 aromatic rings. The first kappa shape index (κ1) is 34.3. The topological polar surface area (TPSA) is 51.5 Å². The second-order valence-corrected chi connectivity index (χ2v) is 17.8. The largest absolute Gasteiger partial charge is 0.453 e. The maximum absolute atomic E-state index is 14.0. The molecule has 0 saturated heterocycles. The molecule has 4 heterocycles. The molecule has 0 amide bonds. The summed E-state index contributed by atoms with van der Waals surface area (Å²) >= 11 is 0. The van der Waals surface area contributed by atoms with E-state index >= 15 is 0 Å². The lowest BCUT2D eigenvalue weighted by Gasteiger charge is -2.33. The lowest BCUT2D eigenvalue weighted by molar-refractivity contribution is 0.477. The van der Waals surface area contributed by atoms with Crippen LogP contribution >= 0.6 is 0 Å². The third kappa shape index (κ3) is 4.75. The standard InChI is InChI=1S/C54H33BN2O3S/c58-61(59)50-30-12-8-21-41(50)52-37(22-15-31-51(52)61)38-23-13-24-39-40-25-14-28-45(54(40)55(53(38)39)34-16-3-1-4-17-34)57-43-26-9-7-20-36(43)42-32-49-47(33-46(42)57)56(35-18-5-2-6-19-35)44-27-10-11-29-48(44)60-49/h1-33H. The van der Waals surface area contributed by atoms with Gasteiger partial charge in [0.25, 0.3) is 0 Å². The molecule has 0 unspecified atom stereocenters. The van der Waals surface area contributed by atoms with E-state index in [0.717, 1.165) is 89.4 Å². The van der Waals surface area contributed by atoms with Crippen molar-refractivity contribution in [2.75, 3.05) is 4.90 Å². The Kier molecular flexibility index (Phi) is 7.14. The Hall–Kier alpha value is -7.61. The summed E-state index contributed by atoms with van der Waals surface area (Å²) in [6, 6.07) is 69.0. The summed E-state index contributed by atoms with van der Waals surface area (Å²) in [5.41, 5.74) is 15.6. The van der Waals surface area contributed by atoms with Gasteiger partial charge in [-0.15, -0.1) is 0 Å². The van der Waals surface area contributed by atoms with E-state index in [1.54, 1.807) is 18.2 Å². The molecule has 0 spiro atoms. The normalized spacial score (nSPS) is 13.9. The third-order valence-corrected chi connectivity index (χ3v) is 14.7. The first-order valence-electron chi connectivity index (χ1n) is 20.5. The summed E-state index contributed by atoms with van der Waals surface area (Å²) in [5.74, 6) is 1.61. The fourth-order valence-corrected chi connectivity index (χ4v) is 12.1. The lowest BCUT2D eigenvalue weighted by atomic mass is 9.37. The molecular formula is C54H33BN2O3S. The molecule has 61 heavy (non-hydrogen) atoms. The maximum atomic E-state index is 14.0. The summed E-state index contributed by atoms with van der Waals surface area (Å²) in [7, 11) is -3.67. The highest BCUT2D eigenvalue weighted by atomic mass is 32.2. The highest BCUT2D eigenvalue weighted by Crippen LogP contribution is 2.53. The van der Waals surface area contributed by atoms with Crippen LogP contribution in [0.25, 0.3) is 60.9 Å². The average molecular weight is 801 g/mol. The summed E-state index contributed by atoms with van der Waals surface area (Å²) < 4.78 is 37.1. The molecule has 13 rings (SSSR count). The van der Waals surface area contributed by atoms with Crippen LogP contribution in [-0.4, -0.2) is 19.7 Å². The predicted octanol–water partition coefficient (Wildman–Crippen LogP) is 11.3. The zero-order valence-electron chi connectivity index (χ0n) is 32.7. The molecule has 9 aromatic carbocycles. The first-order chi connectivity index (χ1) is 30.1. The van der Waals surface area contributed by atoms with Gasteiger partial charge in [-0.05, 0) is 88.4 Å². The van der Waals surface area contributed by atoms with E-state index in [4.69, 9.17) is 4.74 Å². The molecule has 0 atom stereocenters. The van der Waals surface area contributed by atoms with Crippen molar-refractivity contribution in [2.24, 2.45) is 0 Å². The number of rotatable bonds is 4. The molecule has 3 aliphatic rings. The van der Waals surface area contributed by atoms with Gasteiger partial charge in [-0.2, -0.15) is 0 Å². The van der Waals surface area contributed by atoms with Crippen LogP contribution in [0.4, 0.5) is 17.1 Å². The first-order valence-corrected chi connectivity index (χ1v) is 22.0. The minimum Gasteiger partial charge on any atom is -0.453 e. The van der Waals surface area contributed by atoms with Crippen molar-refractivity contribution < 1.29 is 13.2 Å². The van der Waals surface area contributed by atoms with Gasteiger partial charge in [0.1, 0.15) is 0 Å². The number of sulfone groups is 1. The van der Waals surface area contributed by atoms with Crippen molar-refractivity contribution in [1.29, 1.82) is 0 Å². The molecule has 1 aromatic heterocycles. The van der Waals surface area contributed by atoms with E-state index in [9.17, 15) is 8.42 Å². The van der Waals surface area contributed by atoms with Gasteiger partial charge in [0.2, 0.25) is 16.6 Å². The Balaban J connectivity index is 1.09. The van der Waals surface area contributed by atoms with Crippen LogP contribution < -0.4 is 26.0 Å². The van der Waals surface area contributed by atoms with Crippen LogP contribution in [0.2, 0.25) is 0 Å². The van der Waals surface area contributed by atoms with Gasteiger partial charge < -0.3 is 14.2 Å². The van der Waals surface area contributed by atoms with E-state index in [1.807, 2.05) is 36.4 Å². The highest BCUT2D eigenvalue weighted by Gasteiger charge is 2.41. The molecule has 0 radical (unpaired) electrons. The molecule has 0 N–H and O–H groups in total. The molecule has 5 nitrogen and oxygen atoms in total. The SMILES string of the molecule is O=S1(=O)c2ccccc2-c2c(-c3cccc4c3B(c3ccccc3)c3c-4cccc3-n3c4ccccc4c4cc5c(cc43)N(c3ccccc3)c3ccccc3O5)cccc21. The molecule has 0 saturated carbocycles. The lowest BCUT2D eigenvalue weighted by Crippen LogP contribution is -2.50. The van der Waals surface area contributed by atoms with Crippen LogP contribution in [0.5, 0.6) is 11.5 Å². The number of nitrogens with zero attached hydrogens (tertiary/aromatic N) is 2. The number of para-hydroxylation sites is 4. The number of aromatic nitrogens is 1. The maximum Gasteiger partial charge on any atom is 0.246 e. The highest BCUT2D eigenvalue weighted by molar-refractivity contribution is 7.92. The number of benzene rings is 9. The number of fused-ring (bicyclic) bond motifs is 11. The van der Waals surface area contributed by atoms with Crippen molar-refractivity contribution in [3.8, 4) is 50.6 Å². The predicted molar refractivity (Wildman–Crippen MR) is 248 cm³/mol. The molecule has 3 aliphatic heterocycles. The summed E-state index contributed by atoms with van der Waals surface area (Å²) in [4.78, 5) is 3.03. The molecule has 0 bridgehead atoms. The van der Waals surface area contributed by atoms with Gasteiger partial charge in [-0.1, -0.05) is 150 Å². The Morgan fingerprint density at radius 1 is 0.426 bits per heavy atom. The van der Waals surface area contributed by atoms with Gasteiger partial charge in [-0.25, -0.2) is 8.42 Å². The Labute approximate surface area is 353 Å². The molecule has 286 valence electrons. The quantitative estimate of drug-likeness (QED) is 0.166. The Bertz CT molecular complexity index is 3600. The molecule has 0 aliphatic carbocycles. The average Bonchev–Trinajstić information content (AvgIpc) is 3.91. The second-order valence-electron chi connectivity index (χ2n) is 16.0. The van der Waals surface area contributed by atoms with Gasteiger partial charge in [0.05, 0.1) is 32.2 Å². The van der Waals surface area contributed by atoms with Crippen LogP contribution in [0.15, 0.2) is 210 Å². The summed E-state index contributed by atoms with van der Waals surface area (Å²) in [5, 5.41) is 2.24. The van der Waals surface area contributed by atoms with Crippen molar-refractivity contribution >= 4 is 71.8 Å². The number of ether oxygens (including phenoxy) is 1. The fourth-order valence-electron chi connectivity index (χ4n) is 10.4. The minimum atomic E-state index is -3.67. The van der Waals surface area contributed by atoms with Crippen molar-refractivity contribution in [1.82, 2.24) is 4.57 Å². The Morgan fingerprint density at radius 2 is 1.03 bits per heavy atom.